The third-order valence-electron chi connectivity index (χ3n) is 3.50. The molecule has 0 fully saturated rings. The van der Waals surface area contributed by atoms with E-state index in [0.717, 1.165) is 5.56 Å². The molecule has 6 heteroatoms. The summed E-state index contributed by atoms with van der Waals surface area (Å²) in [6.07, 6.45) is 1.87. The van der Waals surface area contributed by atoms with Crippen molar-refractivity contribution in [3.8, 4) is 11.5 Å². The average molecular weight is 335 g/mol. The predicted molar refractivity (Wildman–Crippen MR) is 90.5 cm³/mol. The number of hydrogen-bond donors (Lipinski definition) is 1. The number of aromatic nitrogens is 1. The molecule has 0 saturated heterocycles. The Morgan fingerprint density at radius 1 is 1.30 bits per heavy atom. The van der Waals surface area contributed by atoms with Crippen LogP contribution in [-0.2, 0) is 4.79 Å². The van der Waals surface area contributed by atoms with Crippen molar-refractivity contribution in [2.24, 2.45) is 0 Å². The van der Waals surface area contributed by atoms with Crippen LogP contribution >= 0.6 is 11.6 Å². The number of carbonyl (C=O) groups excluding carboxylic acids is 1. The number of halogens is 1. The number of nitrogens with zero attached hydrogens (tertiary/aromatic N) is 1. The fraction of sp³-hybridized carbons (Fsp3) is 0.294. The SMILES string of the molecule is COc1ccc(C(C)CC(=O)Nc2cccnc2Cl)c(OC)c1. The van der Waals surface area contributed by atoms with Crippen molar-refractivity contribution >= 4 is 23.2 Å². The quantitative estimate of drug-likeness (QED) is 0.814. The van der Waals surface area contributed by atoms with E-state index in [1.54, 1.807) is 32.5 Å². The molecule has 5 nitrogen and oxygen atoms in total. The first kappa shape index (κ1) is 17.1. The number of nitrogens with one attached hydrogen (secondary N) is 1. The van der Waals surface area contributed by atoms with E-state index < -0.39 is 0 Å². The number of benzene rings is 1. The van der Waals surface area contributed by atoms with Crippen LogP contribution in [0, 0.1) is 0 Å². The fourth-order valence-corrected chi connectivity index (χ4v) is 2.46. The molecule has 1 heterocycles. The van der Waals surface area contributed by atoms with Gasteiger partial charge in [0.2, 0.25) is 5.91 Å². The van der Waals surface area contributed by atoms with E-state index in [4.69, 9.17) is 21.1 Å². The normalized spacial score (nSPS) is 11.7. The van der Waals surface area contributed by atoms with Crippen molar-refractivity contribution in [1.29, 1.82) is 0 Å². The van der Waals surface area contributed by atoms with Crippen LogP contribution < -0.4 is 14.8 Å². The van der Waals surface area contributed by atoms with Crippen molar-refractivity contribution in [2.75, 3.05) is 19.5 Å². The lowest BCUT2D eigenvalue weighted by molar-refractivity contribution is -0.116. The molecule has 1 aromatic heterocycles. The number of amides is 1. The van der Waals surface area contributed by atoms with Gasteiger partial charge < -0.3 is 14.8 Å². The van der Waals surface area contributed by atoms with Gasteiger partial charge in [0.05, 0.1) is 19.9 Å². The van der Waals surface area contributed by atoms with E-state index in [2.05, 4.69) is 10.3 Å². The standard InChI is InChI=1S/C17H19ClN2O3/c1-11(13-7-6-12(22-2)10-15(13)23-3)9-16(21)20-14-5-4-8-19-17(14)18/h4-8,10-11H,9H2,1-3H3,(H,20,21). The summed E-state index contributed by atoms with van der Waals surface area (Å²) < 4.78 is 10.6. The molecule has 1 atom stereocenters. The van der Waals surface area contributed by atoms with Crippen LogP contribution in [0.2, 0.25) is 5.15 Å². The summed E-state index contributed by atoms with van der Waals surface area (Å²) in [7, 11) is 3.20. The van der Waals surface area contributed by atoms with Crippen LogP contribution in [0.5, 0.6) is 11.5 Å². The molecule has 2 aromatic rings. The Bertz CT molecular complexity index is 691. The minimum absolute atomic E-state index is 0.0219. The van der Waals surface area contributed by atoms with E-state index in [0.29, 0.717) is 23.6 Å². The van der Waals surface area contributed by atoms with Gasteiger partial charge in [-0.1, -0.05) is 24.6 Å². The van der Waals surface area contributed by atoms with Gasteiger partial charge in [-0.05, 0) is 29.7 Å². The molecule has 0 aliphatic heterocycles. The first-order chi connectivity index (χ1) is 11.0. The van der Waals surface area contributed by atoms with Crippen LogP contribution in [0.25, 0.3) is 0 Å². The Labute approximate surface area is 140 Å². The molecule has 2 rings (SSSR count). The fourth-order valence-electron chi connectivity index (χ4n) is 2.29. The van der Waals surface area contributed by atoms with Crippen molar-refractivity contribution in [1.82, 2.24) is 4.98 Å². The smallest absolute Gasteiger partial charge is 0.225 e. The van der Waals surface area contributed by atoms with Crippen LogP contribution in [0.15, 0.2) is 36.5 Å². The van der Waals surface area contributed by atoms with Gasteiger partial charge in [-0.15, -0.1) is 0 Å². The Balaban J connectivity index is 2.08. The summed E-state index contributed by atoms with van der Waals surface area (Å²) in [4.78, 5) is 16.1. The third kappa shape index (κ3) is 4.36. The number of rotatable bonds is 6. The molecule has 0 aliphatic carbocycles. The largest absolute Gasteiger partial charge is 0.497 e. The zero-order chi connectivity index (χ0) is 16.8. The van der Waals surface area contributed by atoms with Crippen molar-refractivity contribution < 1.29 is 14.3 Å². The van der Waals surface area contributed by atoms with Crippen molar-refractivity contribution in [3.05, 3.63) is 47.2 Å². The van der Waals surface area contributed by atoms with Crippen LogP contribution in [0.1, 0.15) is 24.8 Å². The second-order valence-electron chi connectivity index (χ2n) is 5.10. The monoisotopic (exact) mass is 334 g/mol. The van der Waals surface area contributed by atoms with Gasteiger partial charge in [-0.25, -0.2) is 4.98 Å². The molecule has 1 aromatic carbocycles. The topological polar surface area (TPSA) is 60.5 Å². The molecular formula is C17H19ClN2O3. The van der Waals surface area contributed by atoms with Crippen LogP contribution in [-0.4, -0.2) is 25.1 Å². The maximum atomic E-state index is 12.2. The summed E-state index contributed by atoms with van der Waals surface area (Å²) >= 11 is 5.94. The summed E-state index contributed by atoms with van der Waals surface area (Å²) in [6.45, 7) is 1.97. The van der Waals surface area contributed by atoms with E-state index in [-0.39, 0.29) is 17.0 Å². The van der Waals surface area contributed by atoms with E-state index in [9.17, 15) is 4.79 Å². The minimum atomic E-state index is -0.134. The summed E-state index contributed by atoms with van der Waals surface area (Å²) in [6, 6.07) is 9.00. The molecule has 1 amide bonds. The molecule has 0 radical (unpaired) electrons. The summed E-state index contributed by atoms with van der Waals surface area (Å²) in [5.41, 5.74) is 1.45. The molecule has 23 heavy (non-hydrogen) atoms. The molecular weight excluding hydrogens is 316 g/mol. The highest BCUT2D eigenvalue weighted by molar-refractivity contribution is 6.32. The van der Waals surface area contributed by atoms with Crippen molar-refractivity contribution in [3.63, 3.8) is 0 Å². The summed E-state index contributed by atoms with van der Waals surface area (Å²) in [5.74, 6) is 1.25. The van der Waals surface area contributed by atoms with E-state index >= 15 is 0 Å². The second kappa shape index (κ2) is 7.83. The molecule has 0 spiro atoms. The lowest BCUT2D eigenvalue weighted by Crippen LogP contribution is -2.15. The van der Waals surface area contributed by atoms with Crippen molar-refractivity contribution in [2.45, 2.75) is 19.3 Å². The van der Waals surface area contributed by atoms with Gasteiger partial charge in [-0.2, -0.15) is 0 Å². The van der Waals surface area contributed by atoms with Crippen LogP contribution in [0.3, 0.4) is 0 Å². The lowest BCUT2D eigenvalue weighted by Gasteiger charge is -2.16. The number of hydrogen-bond acceptors (Lipinski definition) is 4. The molecule has 122 valence electrons. The molecule has 1 unspecified atom stereocenters. The van der Waals surface area contributed by atoms with Gasteiger partial charge in [0.25, 0.3) is 0 Å². The summed E-state index contributed by atoms with van der Waals surface area (Å²) in [5, 5.41) is 3.05. The highest BCUT2D eigenvalue weighted by atomic mass is 35.5. The van der Waals surface area contributed by atoms with Gasteiger partial charge in [-0.3, -0.25) is 4.79 Å². The number of methoxy groups -OCH3 is 2. The number of anilines is 1. The number of carbonyl (C=O) groups is 1. The molecule has 0 aliphatic rings. The van der Waals surface area contributed by atoms with Gasteiger partial charge in [0.1, 0.15) is 11.5 Å². The first-order valence-electron chi connectivity index (χ1n) is 7.17. The maximum Gasteiger partial charge on any atom is 0.225 e. The predicted octanol–water partition coefficient (Wildman–Crippen LogP) is 3.88. The zero-order valence-electron chi connectivity index (χ0n) is 13.3. The maximum absolute atomic E-state index is 12.2. The number of pyridine rings is 1. The highest BCUT2D eigenvalue weighted by Gasteiger charge is 2.17. The minimum Gasteiger partial charge on any atom is -0.497 e. The van der Waals surface area contributed by atoms with Gasteiger partial charge >= 0.3 is 0 Å². The van der Waals surface area contributed by atoms with E-state index in [1.807, 2.05) is 25.1 Å². The molecule has 0 saturated carbocycles. The Morgan fingerprint density at radius 3 is 2.74 bits per heavy atom. The Kier molecular flexibility index (Phi) is 5.82. The molecule has 1 N–H and O–H groups in total. The Morgan fingerprint density at radius 2 is 2.09 bits per heavy atom. The lowest BCUT2D eigenvalue weighted by atomic mass is 9.96. The average Bonchev–Trinajstić information content (AvgIpc) is 2.56. The zero-order valence-corrected chi connectivity index (χ0v) is 14.1. The molecule has 0 bridgehead atoms. The second-order valence-corrected chi connectivity index (χ2v) is 5.46. The number of ether oxygens (including phenoxy) is 2. The van der Waals surface area contributed by atoms with Crippen LogP contribution in [0.4, 0.5) is 5.69 Å². The van der Waals surface area contributed by atoms with Gasteiger partial charge in [0.15, 0.2) is 5.15 Å². The third-order valence-corrected chi connectivity index (χ3v) is 3.80. The van der Waals surface area contributed by atoms with Gasteiger partial charge in [0, 0.05) is 18.7 Å². The Hall–Kier alpha value is -2.27. The van der Waals surface area contributed by atoms with E-state index in [1.165, 1.54) is 0 Å². The first-order valence-corrected chi connectivity index (χ1v) is 7.55. The highest BCUT2D eigenvalue weighted by Crippen LogP contribution is 2.32.